The number of hydrogen-bond acceptors (Lipinski definition) is 5. The van der Waals surface area contributed by atoms with E-state index in [9.17, 15) is 19.2 Å². The van der Waals surface area contributed by atoms with Crippen molar-refractivity contribution in [3.63, 3.8) is 0 Å². The van der Waals surface area contributed by atoms with Gasteiger partial charge in [-0.05, 0) is 12.5 Å². The first-order chi connectivity index (χ1) is 11.4. The van der Waals surface area contributed by atoms with Gasteiger partial charge in [0.15, 0.2) is 5.69 Å². The maximum atomic E-state index is 12.4. The highest BCUT2D eigenvalue weighted by Crippen LogP contribution is 2.22. The minimum Gasteiger partial charge on any atom is -0.480 e. The topological polar surface area (TPSA) is 136 Å². The van der Waals surface area contributed by atoms with Crippen molar-refractivity contribution >= 4 is 34.6 Å². The number of imide groups is 1. The predicted molar refractivity (Wildman–Crippen MR) is 80.8 cm³/mol. The number of fused-ring (bicyclic) bond motifs is 1. The predicted octanol–water partition coefficient (Wildman–Crippen LogP) is -0.263. The van der Waals surface area contributed by atoms with E-state index in [2.05, 4.69) is 5.10 Å². The van der Waals surface area contributed by atoms with Gasteiger partial charge in [-0.25, -0.2) is 4.79 Å². The van der Waals surface area contributed by atoms with Gasteiger partial charge in [0.05, 0.1) is 5.52 Å². The first kappa shape index (κ1) is 15.7. The number of carboxylic acids is 1. The highest BCUT2D eigenvalue weighted by molar-refractivity contribution is 6.05. The van der Waals surface area contributed by atoms with Crippen LogP contribution in [0, 0.1) is 0 Å². The largest absolute Gasteiger partial charge is 0.480 e. The number of likely N-dealkylation sites (tertiary alicyclic amines) is 1. The minimum absolute atomic E-state index is 0.00903. The third kappa shape index (κ3) is 2.49. The smallest absolute Gasteiger partial charge is 0.326 e. The number of nitrogens with two attached hydrogens (primary N) is 1. The Morgan fingerprint density at radius 1 is 1.29 bits per heavy atom. The monoisotopic (exact) mass is 330 g/mol. The van der Waals surface area contributed by atoms with Crippen LogP contribution in [-0.2, 0) is 20.9 Å². The van der Waals surface area contributed by atoms with Gasteiger partial charge in [0.1, 0.15) is 12.6 Å². The average Bonchev–Trinajstić information content (AvgIpc) is 3.09. The van der Waals surface area contributed by atoms with Gasteiger partial charge >= 0.3 is 5.97 Å². The lowest BCUT2D eigenvalue weighted by atomic mass is 10.2. The fourth-order valence-electron chi connectivity index (χ4n) is 2.86. The van der Waals surface area contributed by atoms with Crippen LogP contribution in [0.5, 0.6) is 0 Å². The zero-order valence-electron chi connectivity index (χ0n) is 12.5. The van der Waals surface area contributed by atoms with Crippen LogP contribution in [-0.4, -0.2) is 49.5 Å². The molecule has 0 spiro atoms. The molecule has 1 saturated heterocycles. The van der Waals surface area contributed by atoms with E-state index in [4.69, 9.17) is 10.8 Å². The molecule has 24 heavy (non-hydrogen) atoms. The maximum absolute atomic E-state index is 12.4. The molecule has 0 aliphatic carbocycles. The molecule has 3 amide bonds. The molecule has 0 saturated carbocycles. The number of hydrogen-bond donors (Lipinski definition) is 2. The molecule has 2 heterocycles. The summed E-state index contributed by atoms with van der Waals surface area (Å²) in [5.41, 5.74) is 5.80. The van der Waals surface area contributed by atoms with Crippen LogP contribution in [0.4, 0.5) is 0 Å². The second-order valence-electron chi connectivity index (χ2n) is 5.44. The Hall–Kier alpha value is -3.23. The molecule has 2 aromatic rings. The second kappa shape index (κ2) is 5.76. The summed E-state index contributed by atoms with van der Waals surface area (Å²) < 4.78 is 1.25. The summed E-state index contributed by atoms with van der Waals surface area (Å²) in [6.45, 7) is -0.358. The van der Waals surface area contributed by atoms with E-state index < -0.39 is 29.7 Å². The van der Waals surface area contributed by atoms with E-state index in [-0.39, 0.29) is 25.1 Å². The molecule has 1 atom stereocenters. The van der Waals surface area contributed by atoms with Gasteiger partial charge in [0, 0.05) is 11.8 Å². The zero-order valence-corrected chi connectivity index (χ0v) is 12.5. The molecule has 1 aromatic carbocycles. The van der Waals surface area contributed by atoms with E-state index in [0.29, 0.717) is 10.9 Å². The number of aliphatic carboxylic acids is 1. The van der Waals surface area contributed by atoms with Crippen molar-refractivity contribution < 1.29 is 24.3 Å². The number of benzene rings is 1. The number of para-hydroxylation sites is 1. The molecular formula is C15H14N4O5. The van der Waals surface area contributed by atoms with Crippen LogP contribution in [0.2, 0.25) is 0 Å². The number of amides is 3. The molecule has 9 heteroatoms. The molecule has 124 valence electrons. The SMILES string of the molecule is NC(=O)c1nn(CC(=O)N2C(=O)CCC2C(=O)O)c2ccccc12. The molecule has 0 bridgehead atoms. The third-order valence-corrected chi connectivity index (χ3v) is 3.94. The Morgan fingerprint density at radius 2 is 2.00 bits per heavy atom. The summed E-state index contributed by atoms with van der Waals surface area (Å²) in [6, 6.07) is 5.54. The van der Waals surface area contributed by atoms with Crippen LogP contribution in [0.1, 0.15) is 23.3 Å². The van der Waals surface area contributed by atoms with E-state index >= 15 is 0 Å². The molecule has 1 aliphatic heterocycles. The van der Waals surface area contributed by atoms with Gasteiger partial charge < -0.3 is 10.8 Å². The number of carbonyl (C=O) groups excluding carboxylic acids is 3. The lowest BCUT2D eigenvalue weighted by Crippen LogP contribution is -2.44. The molecule has 3 N–H and O–H groups in total. The highest BCUT2D eigenvalue weighted by atomic mass is 16.4. The van der Waals surface area contributed by atoms with Crippen molar-refractivity contribution in [2.75, 3.05) is 0 Å². The van der Waals surface area contributed by atoms with Crippen LogP contribution in [0.25, 0.3) is 10.9 Å². The molecule has 1 aliphatic rings. The molecule has 1 fully saturated rings. The zero-order chi connectivity index (χ0) is 17.4. The summed E-state index contributed by atoms with van der Waals surface area (Å²) in [5.74, 6) is -3.18. The van der Waals surface area contributed by atoms with E-state index in [1.807, 2.05) is 0 Å². The van der Waals surface area contributed by atoms with Crippen molar-refractivity contribution in [3.8, 4) is 0 Å². The summed E-state index contributed by atoms with van der Waals surface area (Å²) in [5, 5.41) is 13.7. The van der Waals surface area contributed by atoms with Crippen molar-refractivity contribution in [3.05, 3.63) is 30.0 Å². The Labute approximate surface area is 135 Å². The summed E-state index contributed by atoms with van der Waals surface area (Å²) in [6.07, 6.45) is 0.0986. The fourth-order valence-corrected chi connectivity index (χ4v) is 2.86. The number of carboxylic acid groups (broad SMARTS) is 1. The standard InChI is InChI=1S/C15H14N4O5/c16-14(22)13-8-3-1-2-4-9(8)18(17-13)7-12(21)19-10(15(23)24)5-6-11(19)20/h1-4,10H,5-7H2,(H2,16,22)(H,23,24). The van der Waals surface area contributed by atoms with Gasteiger partial charge in [0.2, 0.25) is 5.91 Å². The fraction of sp³-hybridized carbons (Fsp3) is 0.267. The molecular weight excluding hydrogens is 316 g/mol. The van der Waals surface area contributed by atoms with Crippen molar-refractivity contribution in [2.24, 2.45) is 5.73 Å². The lowest BCUT2D eigenvalue weighted by Gasteiger charge is -2.19. The minimum atomic E-state index is -1.22. The van der Waals surface area contributed by atoms with Crippen molar-refractivity contribution in [1.82, 2.24) is 14.7 Å². The highest BCUT2D eigenvalue weighted by Gasteiger charge is 2.40. The Bertz CT molecular complexity index is 872. The maximum Gasteiger partial charge on any atom is 0.326 e. The van der Waals surface area contributed by atoms with Crippen LogP contribution in [0.3, 0.4) is 0 Å². The summed E-state index contributed by atoms with van der Waals surface area (Å²) in [4.78, 5) is 47.7. The van der Waals surface area contributed by atoms with Crippen molar-refractivity contribution in [2.45, 2.75) is 25.4 Å². The van der Waals surface area contributed by atoms with Crippen LogP contribution in [0.15, 0.2) is 24.3 Å². The Kier molecular flexibility index (Phi) is 3.76. The van der Waals surface area contributed by atoms with Gasteiger partial charge in [-0.1, -0.05) is 18.2 Å². The van der Waals surface area contributed by atoms with E-state index in [0.717, 1.165) is 4.90 Å². The van der Waals surface area contributed by atoms with E-state index in [1.54, 1.807) is 24.3 Å². The second-order valence-corrected chi connectivity index (χ2v) is 5.44. The van der Waals surface area contributed by atoms with Gasteiger partial charge in [-0.3, -0.25) is 24.0 Å². The summed E-state index contributed by atoms with van der Waals surface area (Å²) >= 11 is 0. The third-order valence-electron chi connectivity index (χ3n) is 3.94. The molecule has 0 radical (unpaired) electrons. The number of primary amides is 1. The normalized spacial score (nSPS) is 17.4. The van der Waals surface area contributed by atoms with Gasteiger partial charge in [-0.15, -0.1) is 0 Å². The van der Waals surface area contributed by atoms with Gasteiger partial charge in [0.25, 0.3) is 11.8 Å². The first-order valence-corrected chi connectivity index (χ1v) is 7.23. The molecule has 9 nitrogen and oxygen atoms in total. The first-order valence-electron chi connectivity index (χ1n) is 7.23. The number of aromatic nitrogens is 2. The van der Waals surface area contributed by atoms with Gasteiger partial charge in [-0.2, -0.15) is 5.10 Å². The Morgan fingerprint density at radius 3 is 2.67 bits per heavy atom. The van der Waals surface area contributed by atoms with Crippen LogP contribution < -0.4 is 5.73 Å². The Balaban J connectivity index is 1.95. The molecule has 1 aromatic heterocycles. The molecule has 3 rings (SSSR count). The number of nitrogens with zero attached hydrogens (tertiary/aromatic N) is 3. The number of rotatable bonds is 4. The average molecular weight is 330 g/mol. The van der Waals surface area contributed by atoms with Crippen molar-refractivity contribution in [1.29, 1.82) is 0 Å². The van der Waals surface area contributed by atoms with E-state index in [1.165, 1.54) is 4.68 Å². The molecule has 1 unspecified atom stereocenters. The lowest BCUT2D eigenvalue weighted by molar-refractivity contribution is -0.154. The summed E-state index contributed by atoms with van der Waals surface area (Å²) in [7, 11) is 0. The number of carbonyl (C=O) groups is 4. The van der Waals surface area contributed by atoms with Crippen LogP contribution >= 0.6 is 0 Å². The quantitative estimate of drug-likeness (QED) is 0.792.